The predicted molar refractivity (Wildman–Crippen MR) is 119 cm³/mol. The number of benzene rings is 2. The molecule has 0 unspecified atom stereocenters. The van der Waals surface area contributed by atoms with Gasteiger partial charge in [0, 0.05) is 6.54 Å². The van der Waals surface area contributed by atoms with Crippen molar-refractivity contribution in [2.75, 3.05) is 13.1 Å². The van der Waals surface area contributed by atoms with Gasteiger partial charge in [-0.05, 0) is 84.5 Å². The number of tetrazole rings is 1. The molecule has 5 heteroatoms. The van der Waals surface area contributed by atoms with Crippen LogP contribution in [0.2, 0.25) is 0 Å². The van der Waals surface area contributed by atoms with Crippen LogP contribution in [0.15, 0.2) is 54.6 Å². The van der Waals surface area contributed by atoms with E-state index in [2.05, 4.69) is 80.1 Å². The third kappa shape index (κ3) is 4.85. The molecule has 1 N–H and O–H groups in total. The van der Waals surface area contributed by atoms with E-state index in [-0.39, 0.29) is 0 Å². The Hall–Kier alpha value is -2.79. The third-order valence-corrected chi connectivity index (χ3v) is 6.64. The maximum absolute atomic E-state index is 3.96. The Balaban J connectivity index is 1.09. The van der Waals surface area contributed by atoms with Gasteiger partial charge in [0.2, 0.25) is 0 Å². The molecule has 2 fully saturated rings. The van der Waals surface area contributed by atoms with Gasteiger partial charge in [0.1, 0.15) is 0 Å². The van der Waals surface area contributed by atoms with Crippen molar-refractivity contribution in [3.05, 3.63) is 77.1 Å². The number of nitrogens with one attached hydrogen (secondary N) is 1. The summed E-state index contributed by atoms with van der Waals surface area (Å²) < 4.78 is 0. The van der Waals surface area contributed by atoms with Crippen LogP contribution in [0, 0.1) is 11.8 Å². The summed E-state index contributed by atoms with van der Waals surface area (Å²) in [7, 11) is 0. The SMILES string of the molecule is C(=C\c1nn[nH]n1)/c1cccc(CN2CCC(C[C@@H]3C[C@H]3c3ccccc3)CC2)c1. The number of nitrogens with zero attached hydrogens (tertiary/aromatic N) is 4. The maximum atomic E-state index is 3.96. The second kappa shape index (κ2) is 8.92. The van der Waals surface area contributed by atoms with Crippen LogP contribution >= 0.6 is 0 Å². The molecule has 2 heterocycles. The first-order chi connectivity index (χ1) is 14.8. The zero-order valence-electron chi connectivity index (χ0n) is 17.3. The van der Waals surface area contributed by atoms with Gasteiger partial charge in [-0.1, -0.05) is 60.7 Å². The molecular weight excluding hydrogens is 370 g/mol. The van der Waals surface area contributed by atoms with Crippen LogP contribution in [-0.4, -0.2) is 38.6 Å². The average Bonchev–Trinajstić information content (AvgIpc) is 3.35. The summed E-state index contributed by atoms with van der Waals surface area (Å²) in [6.45, 7) is 3.47. The lowest BCUT2D eigenvalue weighted by molar-refractivity contribution is 0.168. The molecule has 0 bridgehead atoms. The van der Waals surface area contributed by atoms with Gasteiger partial charge in [-0.25, -0.2) is 0 Å². The number of hydrogen-bond donors (Lipinski definition) is 1. The zero-order valence-corrected chi connectivity index (χ0v) is 17.3. The van der Waals surface area contributed by atoms with Crippen LogP contribution in [-0.2, 0) is 6.54 Å². The molecule has 5 nitrogen and oxygen atoms in total. The number of piperidine rings is 1. The lowest BCUT2D eigenvalue weighted by Gasteiger charge is -2.32. The molecule has 2 aliphatic rings. The van der Waals surface area contributed by atoms with Crippen LogP contribution in [0.5, 0.6) is 0 Å². The van der Waals surface area contributed by atoms with E-state index in [1.54, 1.807) is 5.56 Å². The molecular formula is C25H29N5. The van der Waals surface area contributed by atoms with Crippen molar-refractivity contribution in [2.24, 2.45) is 11.8 Å². The van der Waals surface area contributed by atoms with E-state index in [0.717, 1.165) is 24.3 Å². The lowest BCUT2D eigenvalue weighted by Crippen LogP contribution is -2.33. The lowest BCUT2D eigenvalue weighted by atomic mass is 9.90. The highest BCUT2D eigenvalue weighted by Gasteiger charge is 2.39. The summed E-state index contributed by atoms with van der Waals surface area (Å²) in [6.07, 6.45) is 9.43. The molecule has 30 heavy (non-hydrogen) atoms. The Morgan fingerprint density at radius 1 is 1.00 bits per heavy atom. The molecule has 0 spiro atoms. The third-order valence-electron chi connectivity index (χ3n) is 6.64. The van der Waals surface area contributed by atoms with Gasteiger partial charge in [0.05, 0.1) is 0 Å². The maximum Gasteiger partial charge on any atom is 0.197 e. The average molecular weight is 400 g/mol. The van der Waals surface area contributed by atoms with Crippen molar-refractivity contribution in [1.29, 1.82) is 0 Å². The minimum atomic E-state index is 0.604. The first kappa shape index (κ1) is 19.2. The van der Waals surface area contributed by atoms with Crippen molar-refractivity contribution < 1.29 is 0 Å². The predicted octanol–water partition coefficient (Wildman–Crippen LogP) is 4.78. The number of likely N-dealkylation sites (tertiary alicyclic amines) is 1. The van der Waals surface area contributed by atoms with Gasteiger partial charge in [-0.15, -0.1) is 10.2 Å². The zero-order chi connectivity index (χ0) is 20.2. The van der Waals surface area contributed by atoms with Crippen molar-refractivity contribution in [2.45, 2.75) is 38.1 Å². The summed E-state index contributed by atoms with van der Waals surface area (Å²) in [5.74, 6) is 3.26. The number of aromatic nitrogens is 4. The fourth-order valence-electron chi connectivity index (χ4n) is 4.89. The van der Waals surface area contributed by atoms with Gasteiger partial charge in [-0.3, -0.25) is 4.90 Å². The highest BCUT2D eigenvalue weighted by atomic mass is 15.5. The fraction of sp³-hybridized carbons (Fsp3) is 0.400. The van der Waals surface area contributed by atoms with Crippen LogP contribution in [0.25, 0.3) is 12.2 Å². The number of rotatable bonds is 7. The Labute approximate surface area is 178 Å². The summed E-state index contributed by atoms with van der Waals surface area (Å²) in [4.78, 5) is 2.61. The Morgan fingerprint density at radius 3 is 2.67 bits per heavy atom. The van der Waals surface area contributed by atoms with E-state index in [9.17, 15) is 0 Å². The molecule has 2 aromatic carbocycles. The van der Waals surface area contributed by atoms with Crippen molar-refractivity contribution in [3.8, 4) is 0 Å². The van der Waals surface area contributed by atoms with E-state index in [1.165, 1.54) is 49.9 Å². The Bertz CT molecular complexity index is 958. The largest absolute Gasteiger partial charge is 0.299 e. The quantitative estimate of drug-likeness (QED) is 0.621. The van der Waals surface area contributed by atoms with Gasteiger partial charge >= 0.3 is 0 Å². The molecule has 0 amide bonds. The van der Waals surface area contributed by atoms with Crippen molar-refractivity contribution in [3.63, 3.8) is 0 Å². The summed E-state index contributed by atoms with van der Waals surface area (Å²) in [6, 6.07) is 19.8. The first-order valence-electron chi connectivity index (χ1n) is 11.1. The Kier molecular flexibility index (Phi) is 5.71. The second-order valence-corrected chi connectivity index (χ2v) is 8.82. The van der Waals surface area contributed by atoms with E-state index in [1.807, 2.05) is 12.2 Å². The van der Waals surface area contributed by atoms with E-state index < -0.39 is 0 Å². The van der Waals surface area contributed by atoms with Crippen LogP contribution in [0.4, 0.5) is 0 Å². The standard InChI is InChI=1S/C25H29N5/c1-2-7-22(8-3-1)24-17-23(24)16-20-11-13-30(14-12-20)18-21-6-4-5-19(15-21)9-10-25-26-28-29-27-25/h1-10,15,20,23-24H,11-14,16-18H2,(H,26,27,28,29)/b10-9+/t23-,24+/m1/s1. The number of hydrogen-bond acceptors (Lipinski definition) is 4. The Morgan fingerprint density at radius 2 is 1.87 bits per heavy atom. The first-order valence-corrected chi connectivity index (χ1v) is 11.1. The topological polar surface area (TPSA) is 57.7 Å². The minimum absolute atomic E-state index is 0.604. The molecule has 5 rings (SSSR count). The monoisotopic (exact) mass is 399 g/mol. The number of aromatic amines is 1. The molecule has 2 atom stereocenters. The van der Waals surface area contributed by atoms with Crippen molar-refractivity contribution >= 4 is 12.2 Å². The van der Waals surface area contributed by atoms with Gasteiger partial charge < -0.3 is 0 Å². The molecule has 1 aliphatic carbocycles. The molecule has 154 valence electrons. The summed E-state index contributed by atoms with van der Waals surface area (Å²) in [5, 5.41) is 14.0. The van der Waals surface area contributed by atoms with Gasteiger partial charge in [-0.2, -0.15) is 5.21 Å². The van der Waals surface area contributed by atoms with Gasteiger partial charge in [0.15, 0.2) is 5.82 Å². The molecule has 3 aromatic rings. The number of H-pyrrole nitrogens is 1. The highest BCUT2D eigenvalue weighted by Crippen LogP contribution is 2.51. The van der Waals surface area contributed by atoms with Crippen molar-refractivity contribution in [1.82, 2.24) is 25.5 Å². The fourth-order valence-corrected chi connectivity index (χ4v) is 4.89. The molecule has 1 saturated heterocycles. The summed E-state index contributed by atoms with van der Waals surface area (Å²) in [5.41, 5.74) is 4.09. The molecule has 1 saturated carbocycles. The van der Waals surface area contributed by atoms with E-state index >= 15 is 0 Å². The van der Waals surface area contributed by atoms with Crippen LogP contribution in [0.1, 0.15) is 54.1 Å². The van der Waals surface area contributed by atoms with E-state index in [4.69, 9.17) is 0 Å². The molecule has 1 aliphatic heterocycles. The van der Waals surface area contributed by atoms with Gasteiger partial charge in [0.25, 0.3) is 0 Å². The second-order valence-electron chi connectivity index (χ2n) is 8.82. The van der Waals surface area contributed by atoms with Crippen LogP contribution in [0.3, 0.4) is 0 Å². The molecule has 1 aromatic heterocycles. The molecule has 0 radical (unpaired) electrons. The smallest absolute Gasteiger partial charge is 0.197 e. The van der Waals surface area contributed by atoms with E-state index in [0.29, 0.717) is 5.82 Å². The summed E-state index contributed by atoms with van der Waals surface area (Å²) >= 11 is 0. The minimum Gasteiger partial charge on any atom is -0.299 e. The normalized spacial score (nSPS) is 22.5. The highest BCUT2D eigenvalue weighted by molar-refractivity contribution is 5.66. The van der Waals surface area contributed by atoms with Crippen LogP contribution < -0.4 is 0 Å².